The standard InChI is InChI=1S/C20H21F3O7S/c21-20(22,23)31(25,26)30-18-17(28-12-15-9-5-2-6-10-15)16(29-19(18)24)13-27-11-14-7-3-1-4-8-14/h1-10,16-19,24H,11-13H2/t16?,17-,18?,19?/m1/s1. The molecule has 0 spiro atoms. The topological polar surface area (TPSA) is 91.3 Å². The third kappa shape index (κ3) is 6.25. The van der Waals surface area contributed by atoms with Crippen LogP contribution < -0.4 is 0 Å². The second kappa shape index (κ2) is 10.1. The Hall–Kier alpha value is -2.02. The van der Waals surface area contributed by atoms with Crippen molar-refractivity contribution in [3.63, 3.8) is 0 Å². The van der Waals surface area contributed by atoms with Gasteiger partial charge in [-0.2, -0.15) is 21.6 Å². The molecule has 4 atom stereocenters. The molecule has 3 rings (SSSR count). The lowest BCUT2D eigenvalue weighted by atomic mass is 10.1. The number of aliphatic hydroxyl groups excluding tert-OH is 1. The van der Waals surface area contributed by atoms with Gasteiger partial charge < -0.3 is 19.3 Å². The molecule has 0 radical (unpaired) electrons. The molecule has 31 heavy (non-hydrogen) atoms. The maximum absolute atomic E-state index is 12.8. The van der Waals surface area contributed by atoms with Gasteiger partial charge in [-0.05, 0) is 11.1 Å². The second-order valence-corrected chi connectivity index (χ2v) is 8.35. The van der Waals surface area contributed by atoms with Crippen molar-refractivity contribution in [1.29, 1.82) is 0 Å². The number of aliphatic hydroxyl groups is 1. The van der Waals surface area contributed by atoms with Gasteiger partial charge in [0.1, 0.15) is 12.2 Å². The number of benzene rings is 2. The van der Waals surface area contributed by atoms with Crippen molar-refractivity contribution in [2.24, 2.45) is 0 Å². The average Bonchev–Trinajstić information content (AvgIpc) is 3.01. The largest absolute Gasteiger partial charge is 0.523 e. The molecule has 1 saturated heterocycles. The second-order valence-electron chi connectivity index (χ2n) is 6.79. The Morgan fingerprint density at radius 3 is 2.00 bits per heavy atom. The van der Waals surface area contributed by atoms with Crippen molar-refractivity contribution in [1.82, 2.24) is 0 Å². The Kier molecular flexibility index (Phi) is 7.68. The molecule has 1 aliphatic heterocycles. The third-order valence-corrected chi connectivity index (χ3v) is 5.53. The lowest BCUT2D eigenvalue weighted by Crippen LogP contribution is -2.42. The van der Waals surface area contributed by atoms with Gasteiger partial charge in [-0.1, -0.05) is 60.7 Å². The van der Waals surface area contributed by atoms with Crippen LogP contribution in [0.25, 0.3) is 0 Å². The summed E-state index contributed by atoms with van der Waals surface area (Å²) in [4.78, 5) is 0. The van der Waals surface area contributed by atoms with E-state index in [0.29, 0.717) is 5.56 Å². The molecular weight excluding hydrogens is 441 g/mol. The van der Waals surface area contributed by atoms with E-state index in [-0.39, 0.29) is 19.8 Å². The van der Waals surface area contributed by atoms with Crippen molar-refractivity contribution in [3.05, 3.63) is 71.8 Å². The molecule has 2 aromatic rings. The van der Waals surface area contributed by atoms with E-state index < -0.39 is 40.2 Å². The maximum atomic E-state index is 12.8. The minimum atomic E-state index is -5.98. The Bertz CT molecular complexity index is 923. The zero-order chi connectivity index (χ0) is 22.5. The molecular formula is C20H21F3O7S. The van der Waals surface area contributed by atoms with Crippen molar-refractivity contribution in [2.45, 2.75) is 43.3 Å². The van der Waals surface area contributed by atoms with Gasteiger partial charge in [-0.15, -0.1) is 0 Å². The summed E-state index contributed by atoms with van der Waals surface area (Å²) in [5.41, 5.74) is -4.13. The zero-order valence-corrected chi connectivity index (χ0v) is 17.0. The summed E-state index contributed by atoms with van der Waals surface area (Å²) in [5, 5.41) is 10.1. The molecule has 0 aromatic heterocycles. The molecule has 1 aliphatic rings. The number of rotatable bonds is 9. The number of ether oxygens (including phenoxy) is 3. The van der Waals surface area contributed by atoms with Gasteiger partial charge in [0.05, 0.1) is 19.8 Å². The first-order chi connectivity index (χ1) is 14.7. The van der Waals surface area contributed by atoms with Crippen LogP contribution in [0.15, 0.2) is 60.7 Å². The highest BCUT2D eigenvalue weighted by molar-refractivity contribution is 7.87. The normalized spacial score (nSPS) is 24.4. The van der Waals surface area contributed by atoms with E-state index in [1.165, 1.54) is 0 Å². The Labute approximate surface area is 177 Å². The zero-order valence-electron chi connectivity index (χ0n) is 16.1. The highest BCUT2D eigenvalue weighted by atomic mass is 32.2. The molecule has 0 amide bonds. The van der Waals surface area contributed by atoms with Gasteiger partial charge in [0.2, 0.25) is 0 Å². The van der Waals surface area contributed by atoms with Gasteiger partial charge in [0.25, 0.3) is 0 Å². The number of alkyl halides is 3. The van der Waals surface area contributed by atoms with E-state index in [9.17, 15) is 26.7 Å². The predicted molar refractivity (Wildman–Crippen MR) is 102 cm³/mol. The summed E-state index contributed by atoms with van der Waals surface area (Å²) in [6.07, 6.45) is -6.26. The van der Waals surface area contributed by atoms with Gasteiger partial charge in [-0.25, -0.2) is 0 Å². The molecule has 0 saturated carbocycles. The first-order valence-corrected chi connectivity index (χ1v) is 10.7. The van der Waals surface area contributed by atoms with E-state index in [2.05, 4.69) is 4.18 Å². The highest BCUT2D eigenvalue weighted by Crippen LogP contribution is 2.33. The first kappa shape index (κ1) is 23.6. The van der Waals surface area contributed by atoms with Crippen LogP contribution in [-0.4, -0.2) is 50.2 Å². The summed E-state index contributed by atoms with van der Waals surface area (Å²) < 4.78 is 81.9. The van der Waals surface area contributed by atoms with Gasteiger partial charge >= 0.3 is 15.6 Å². The van der Waals surface area contributed by atoms with Crippen molar-refractivity contribution >= 4 is 10.1 Å². The molecule has 170 valence electrons. The van der Waals surface area contributed by atoms with E-state index in [1.54, 1.807) is 30.3 Å². The van der Waals surface area contributed by atoms with Crippen LogP contribution in [0.2, 0.25) is 0 Å². The molecule has 2 aromatic carbocycles. The van der Waals surface area contributed by atoms with Crippen LogP contribution in [0.1, 0.15) is 11.1 Å². The SMILES string of the molecule is O=S(=O)(OC1C(O)OC(COCc2ccccc2)[C@H]1OCc1ccccc1)C(F)(F)F. The van der Waals surface area contributed by atoms with Crippen LogP contribution in [0, 0.1) is 0 Å². The fourth-order valence-electron chi connectivity index (χ4n) is 2.98. The van der Waals surface area contributed by atoms with Crippen LogP contribution in [0.3, 0.4) is 0 Å². The van der Waals surface area contributed by atoms with E-state index >= 15 is 0 Å². The van der Waals surface area contributed by atoms with Gasteiger partial charge in [0.15, 0.2) is 12.4 Å². The van der Waals surface area contributed by atoms with Crippen molar-refractivity contribution in [3.8, 4) is 0 Å². The highest BCUT2D eigenvalue weighted by Gasteiger charge is 2.54. The first-order valence-electron chi connectivity index (χ1n) is 9.27. The quantitative estimate of drug-likeness (QED) is 0.453. The molecule has 0 aliphatic carbocycles. The minimum Gasteiger partial charge on any atom is -0.374 e. The molecule has 1 N–H and O–H groups in total. The van der Waals surface area contributed by atoms with Crippen LogP contribution in [-0.2, 0) is 41.7 Å². The molecule has 0 bridgehead atoms. The summed E-state index contributed by atoms with van der Waals surface area (Å²) in [6.45, 7) is -0.0609. The average molecular weight is 462 g/mol. The van der Waals surface area contributed by atoms with Crippen LogP contribution in [0.5, 0.6) is 0 Å². The lowest BCUT2D eigenvalue weighted by molar-refractivity contribution is -0.136. The molecule has 11 heteroatoms. The number of halogens is 3. The fourth-order valence-corrected chi connectivity index (χ4v) is 3.59. The summed E-state index contributed by atoms with van der Waals surface area (Å²) in [6, 6.07) is 17.8. The smallest absolute Gasteiger partial charge is 0.374 e. The molecule has 1 fully saturated rings. The lowest BCUT2D eigenvalue weighted by Gasteiger charge is -2.23. The minimum absolute atomic E-state index is 0.0668. The summed E-state index contributed by atoms with van der Waals surface area (Å²) in [5.74, 6) is 0. The van der Waals surface area contributed by atoms with Crippen LogP contribution in [0.4, 0.5) is 13.2 Å². The van der Waals surface area contributed by atoms with E-state index in [4.69, 9.17) is 14.2 Å². The number of hydrogen-bond donors (Lipinski definition) is 1. The van der Waals surface area contributed by atoms with Crippen molar-refractivity contribution in [2.75, 3.05) is 6.61 Å². The Morgan fingerprint density at radius 2 is 1.45 bits per heavy atom. The Morgan fingerprint density at radius 1 is 0.903 bits per heavy atom. The van der Waals surface area contributed by atoms with Gasteiger partial charge in [0, 0.05) is 0 Å². The fraction of sp³-hybridized carbons (Fsp3) is 0.400. The van der Waals surface area contributed by atoms with E-state index in [0.717, 1.165) is 5.56 Å². The Balaban J connectivity index is 1.71. The summed E-state index contributed by atoms with van der Waals surface area (Å²) >= 11 is 0. The van der Waals surface area contributed by atoms with Crippen molar-refractivity contribution < 1.29 is 45.1 Å². The third-order valence-electron chi connectivity index (χ3n) is 4.49. The molecule has 7 nitrogen and oxygen atoms in total. The maximum Gasteiger partial charge on any atom is 0.523 e. The molecule has 1 heterocycles. The van der Waals surface area contributed by atoms with E-state index in [1.807, 2.05) is 30.3 Å². The monoisotopic (exact) mass is 462 g/mol. The van der Waals surface area contributed by atoms with Gasteiger partial charge in [-0.3, -0.25) is 4.18 Å². The summed E-state index contributed by atoms with van der Waals surface area (Å²) in [7, 11) is -5.98. The predicted octanol–water partition coefficient (Wildman–Crippen LogP) is 2.74. The number of hydrogen-bond acceptors (Lipinski definition) is 7. The van der Waals surface area contributed by atoms with Crippen LogP contribution >= 0.6 is 0 Å². The molecule has 3 unspecified atom stereocenters.